The van der Waals surface area contributed by atoms with Gasteiger partial charge in [0.2, 0.25) is 0 Å². The van der Waals surface area contributed by atoms with Crippen LogP contribution >= 0.6 is 22.7 Å². The lowest BCUT2D eigenvalue weighted by Gasteiger charge is -2.10. The zero-order valence-electron chi connectivity index (χ0n) is 24.5. The Morgan fingerprint density at radius 2 is 0.957 bits per heavy atom. The van der Waals surface area contributed by atoms with Crippen LogP contribution in [0.2, 0.25) is 0 Å². The molecule has 46 heavy (non-hydrogen) atoms. The standard InChI is InChI=1S/C40H24N4S2/c1-5-29(6-2-25(1)27-13-18-41-19-14-27)35-24-36(44-40(43-35)31-7-3-26(4-8-31)28-15-20-42-21-16-28)37-23-32-10-12-33-34(39(32)46-37)11-9-30-17-22-45-38(30)33/h1-24H. The molecule has 0 saturated carbocycles. The van der Waals surface area contributed by atoms with Crippen molar-refractivity contribution >= 4 is 53.6 Å². The molecule has 5 aromatic heterocycles. The molecule has 0 aliphatic carbocycles. The van der Waals surface area contributed by atoms with Gasteiger partial charge in [-0.1, -0.05) is 72.8 Å². The van der Waals surface area contributed by atoms with Gasteiger partial charge < -0.3 is 0 Å². The number of pyridine rings is 2. The number of hydrogen-bond acceptors (Lipinski definition) is 6. The summed E-state index contributed by atoms with van der Waals surface area (Å²) in [5, 5.41) is 7.29. The van der Waals surface area contributed by atoms with E-state index in [1.54, 1.807) is 22.7 Å². The van der Waals surface area contributed by atoms with Crippen LogP contribution in [0.1, 0.15) is 0 Å². The lowest BCUT2D eigenvalue weighted by Crippen LogP contribution is -1.95. The van der Waals surface area contributed by atoms with Crippen molar-refractivity contribution in [1.82, 2.24) is 19.9 Å². The Kier molecular flexibility index (Phi) is 6.47. The maximum atomic E-state index is 5.17. The minimum Gasteiger partial charge on any atom is -0.265 e. The molecule has 0 aliphatic heterocycles. The molecule has 0 fully saturated rings. The molecule has 0 radical (unpaired) electrons. The topological polar surface area (TPSA) is 51.6 Å². The van der Waals surface area contributed by atoms with Crippen LogP contribution in [0.4, 0.5) is 0 Å². The summed E-state index contributed by atoms with van der Waals surface area (Å²) in [6.45, 7) is 0. The van der Waals surface area contributed by atoms with Crippen LogP contribution in [0.15, 0.2) is 145 Å². The molecule has 0 bridgehead atoms. The predicted molar refractivity (Wildman–Crippen MR) is 193 cm³/mol. The van der Waals surface area contributed by atoms with Crippen LogP contribution in [0.5, 0.6) is 0 Å². The van der Waals surface area contributed by atoms with Crippen molar-refractivity contribution in [2.75, 3.05) is 0 Å². The summed E-state index contributed by atoms with van der Waals surface area (Å²) in [5.74, 6) is 0.703. The fourth-order valence-corrected chi connectivity index (χ4v) is 8.12. The van der Waals surface area contributed by atoms with Crippen LogP contribution in [-0.4, -0.2) is 19.9 Å². The van der Waals surface area contributed by atoms with E-state index in [-0.39, 0.29) is 0 Å². The first kappa shape index (κ1) is 26.8. The maximum absolute atomic E-state index is 5.17. The van der Waals surface area contributed by atoms with Gasteiger partial charge >= 0.3 is 0 Å². The molecule has 5 heterocycles. The average Bonchev–Trinajstić information content (AvgIpc) is 3.80. The number of nitrogens with zero attached hydrogens (tertiary/aromatic N) is 4. The van der Waals surface area contributed by atoms with Crippen molar-refractivity contribution in [2.24, 2.45) is 0 Å². The van der Waals surface area contributed by atoms with Gasteiger partial charge in [-0.15, -0.1) is 22.7 Å². The molecule has 0 spiro atoms. The summed E-state index contributed by atoms with van der Waals surface area (Å²) < 4.78 is 2.62. The van der Waals surface area contributed by atoms with Crippen molar-refractivity contribution in [3.05, 3.63) is 145 Å². The van der Waals surface area contributed by atoms with E-state index >= 15 is 0 Å². The Morgan fingerprint density at radius 1 is 0.413 bits per heavy atom. The Bertz CT molecular complexity index is 2400. The van der Waals surface area contributed by atoms with E-state index in [2.05, 4.69) is 106 Å². The van der Waals surface area contributed by atoms with Gasteiger partial charge in [-0.2, -0.15) is 0 Å². The van der Waals surface area contributed by atoms with E-state index < -0.39 is 0 Å². The van der Waals surface area contributed by atoms with Gasteiger partial charge in [0.15, 0.2) is 5.82 Å². The Balaban J connectivity index is 1.18. The molecule has 0 aliphatic rings. The van der Waals surface area contributed by atoms with Gasteiger partial charge in [-0.25, -0.2) is 9.97 Å². The summed E-state index contributed by atoms with van der Waals surface area (Å²) in [6.07, 6.45) is 7.28. The lowest BCUT2D eigenvalue weighted by molar-refractivity contribution is 1.19. The zero-order valence-corrected chi connectivity index (χ0v) is 26.1. The molecule has 0 atom stereocenters. The minimum atomic E-state index is 0.703. The third-order valence-electron chi connectivity index (χ3n) is 8.42. The third-order valence-corrected chi connectivity index (χ3v) is 10.6. The number of rotatable bonds is 5. The first-order valence-corrected chi connectivity index (χ1v) is 16.7. The molecule has 0 amide bonds. The summed E-state index contributed by atoms with van der Waals surface area (Å²) in [7, 11) is 0. The molecule has 0 N–H and O–H groups in total. The number of fused-ring (bicyclic) bond motifs is 5. The predicted octanol–water partition coefficient (Wildman–Crippen LogP) is 11.2. The van der Waals surface area contributed by atoms with Crippen molar-refractivity contribution in [1.29, 1.82) is 0 Å². The smallest absolute Gasteiger partial charge is 0.160 e. The Labute approximate surface area is 273 Å². The summed E-state index contributed by atoms with van der Waals surface area (Å²) in [6, 6.07) is 40.7. The lowest BCUT2D eigenvalue weighted by atomic mass is 10.0. The molecule has 216 valence electrons. The van der Waals surface area contributed by atoms with Crippen LogP contribution in [0.3, 0.4) is 0 Å². The van der Waals surface area contributed by atoms with E-state index in [4.69, 9.17) is 9.97 Å². The first-order valence-electron chi connectivity index (χ1n) is 15.0. The van der Waals surface area contributed by atoms with Gasteiger partial charge in [-0.3, -0.25) is 9.97 Å². The maximum Gasteiger partial charge on any atom is 0.160 e. The van der Waals surface area contributed by atoms with Crippen LogP contribution in [-0.2, 0) is 0 Å². The molecular formula is C40H24N4S2. The van der Waals surface area contributed by atoms with Crippen molar-refractivity contribution in [2.45, 2.75) is 0 Å². The summed E-state index contributed by atoms with van der Waals surface area (Å²) in [5.41, 5.74) is 8.36. The normalized spacial score (nSPS) is 11.5. The third kappa shape index (κ3) is 4.76. The molecule has 6 heteroatoms. The zero-order chi connectivity index (χ0) is 30.5. The van der Waals surface area contributed by atoms with Crippen LogP contribution in [0.25, 0.3) is 86.4 Å². The second-order valence-corrected chi connectivity index (χ2v) is 13.2. The highest BCUT2D eigenvalue weighted by Crippen LogP contribution is 2.41. The number of hydrogen-bond donors (Lipinski definition) is 0. The monoisotopic (exact) mass is 624 g/mol. The van der Waals surface area contributed by atoms with E-state index in [9.17, 15) is 0 Å². The summed E-state index contributed by atoms with van der Waals surface area (Å²) in [4.78, 5) is 19.7. The number of benzene rings is 4. The van der Waals surface area contributed by atoms with Crippen molar-refractivity contribution < 1.29 is 0 Å². The van der Waals surface area contributed by atoms with Gasteiger partial charge in [0, 0.05) is 56.1 Å². The van der Waals surface area contributed by atoms with Crippen LogP contribution in [0, 0.1) is 0 Å². The SMILES string of the molecule is c1cc(-c2ccc(-c3cc(-c4cc5ccc6c(ccc7ccsc76)c5s4)nc(-c4ccc(-c5ccncc5)cc4)n3)cc2)ccn1. The Morgan fingerprint density at radius 3 is 1.63 bits per heavy atom. The van der Waals surface area contributed by atoms with E-state index in [0.29, 0.717) is 5.82 Å². The fraction of sp³-hybridized carbons (Fsp3) is 0. The second-order valence-electron chi connectivity index (χ2n) is 11.2. The molecular weight excluding hydrogens is 601 g/mol. The molecule has 9 rings (SSSR count). The van der Waals surface area contributed by atoms with E-state index in [1.165, 1.54) is 30.9 Å². The Hall–Kier alpha value is -5.56. The molecule has 0 unspecified atom stereocenters. The minimum absolute atomic E-state index is 0.703. The van der Waals surface area contributed by atoms with Gasteiger partial charge in [0.25, 0.3) is 0 Å². The highest BCUT2D eigenvalue weighted by Gasteiger charge is 2.15. The van der Waals surface area contributed by atoms with E-state index in [1.807, 2.05) is 49.1 Å². The number of thiophene rings is 2. The molecule has 9 aromatic rings. The quantitative estimate of drug-likeness (QED) is 0.191. The van der Waals surface area contributed by atoms with Crippen molar-refractivity contribution in [3.63, 3.8) is 0 Å². The first-order chi connectivity index (χ1) is 22.8. The number of aromatic nitrogens is 4. The fourth-order valence-electron chi connectivity index (χ4n) is 6.04. The largest absolute Gasteiger partial charge is 0.265 e. The van der Waals surface area contributed by atoms with E-state index in [0.717, 1.165) is 49.6 Å². The highest BCUT2D eigenvalue weighted by atomic mass is 32.1. The van der Waals surface area contributed by atoms with Gasteiger partial charge in [-0.05, 0) is 80.9 Å². The summed E-state index contributed by atoms with van der Waals surface area (Å²) >= 11 is 3.61. The van der Waals surface area contributed by atoms with Crippen LogP contribution < -0.4 is 0 Å². The van der Waals surface area contributed by atoms with Crippen molar-refractivity contribution in [3.8, 4) is 55.5 Å². The van der Waals surface area contributed by atoms with Gasteiger partial charge in [0.1, 0.15) is 0 Å². The molecule has 4 nitrogen and oxygen atoms in total. The molecule has 0 saturated heterocycles. The average molecular weight is 625 g/mol. The highest BCUT2D eigenvalue weighted by molar-refractivity contribution is 7.23. The second kappa shape index (κ2) is 11.1. The molecule has 4 aromatic carbocycles. The van der Waals surface area contributed by atoms with Gasteiger partial charge in [0.05, 0.1) is 16.3 Å².